The summed E-state index contributed by atoms with van der Waals surface area (Å²) in [6.07, 6.45) is 7.50. The maximum atomic E-state index is 12.3. The van der Waals surface area contributed by atoms with Crippen LogP contribution in [0.5, 0.6) is 0 Å². The molecular weight excluding hydrogens is 444 g/mol. The van der Waals surface area contributed by atoms with Crippen LogP contribution in [0.2, 0.25) is 0 Å². The Hall–Kier alpha value is -3.27. The summed E-state index contributed by atoms with van der Waals surface area (Å²) in [4.78, 5) is 33.1. The summed E-state index contributed by atoms with van der Waals surface area (Å²) in [7, 11) is 0. The molecule has 35 heavy (non-hydrogen) atoms. The number of nitrogens with zero attached hydrogens (tertiary/aromatic N) is 6. The Morgan fingerprint density at radius 3 is 2.80 bits per heavy atom. The number of piperidine rings is 1. The molecule has 0 bridgehead atoms. The average molecular weight is 479 g/mol. The third-order valence-corrected chi connectivity index (χ3v) is 6.61. The van der Waals surface area contributed by atoms with E-state index in [-0.39, 0.29) is 6.54 Å². The van der Waals surface area contributed by atoms with E-state index in [0.29, 0.717) is 11.6 Å². The number of ether oxygens (including phenoxy) is 1. The zero-order valence-electron chi connectivity index (χ0n) is 20.7. The van der Waals surface area contributed by atoms with Gasteiger partial charge in [0.25, 0.3) is 0 Å². The quantitative estimate of drug-likeness (QED) is 0.533. The van der Waals surface area contributed by atoms with Crippen LogP contribution in [0.1, 0.15) is 57.2 Å². The van der Waals surface area contributed by atoms with Gasteiger partial charge >= 0.3 is 5.97 Å². The lowest BCUT2D eigenvalue weighted by atomic mass is 9.92. The van der Waals surface area contributed by atoms with E-state index in [1.165, 1.54) is 17.7 Å². The third kappa shape index (κ3) is 5.07. The molecule has 5 rings (SSSR count). The maximum absolute atomic E-state index is 12.3. The monoisotopic (exact) mass is 478 g/mol. The molecule has 3 N–H and O–H groups in total. The molecule has 5 heterocycles. The van der Waals surface area contributed by atoms with Crippen molar-refractivity contribution in [1.82, 2.24) is 24.5 Å². The fourth-order valence-corrected chi connectivity index (χ4v) is 4.86. The number of imidazole rings is 1. The number of nitrogens with two attached hydrogens (primary N) is 1. The number of hydrogen-bond donors (Lipinski definition) is 2. The topological polar surface area (TPSA) is 124 Å². The Morgan fingerprint density at radius 2 is 2.03 bits per heavy atom. The molecule has 1 unspecified atom stereocenters. The van der Waals surface area contributed by atoms with Crippen molar-refractivity contribution in [1.29, 1.82) is 0 Å². The third-order valence-electron chi connectivity index (χ3n) is 6.61. The molecule has 2 aliphatic heterocycles. The van der Waals surface area contributed by atoms with Crippen molar-refractivity contribution >= 4 is 28.8 Å². The van der Waals surface area contributed by atoms with Gasteiger partial charge in [-0.2, -0.15) is 0 Å². The Balaban J connectivity index is 1.27. The average Bonchev–Trinajstić information content (AvgIpc) is 3.25. The van der Waals surface area contributed by atoms with Gasteiger partial charge in [-0.05, 0) is 58.1 Å². The molecule has 0 aliphatic carbocycles. The van der Waals surface area contributed by atoms with Gasteiger partial charge in [0.05, 0.1) is 12.9 Å². The lowest BCUT2D eigenvalue weighted by Gasteiger charge is -2.33. The van der Waals surface area contributed by atoms with Crippen LogP contribution in [0.3, 0.4) is 0 Å². The highest BCUT2D eigenvalue weighted by molar-refractivity contribution is 5.83. The van der Waals surface area contributed by atoms with E-state index in [2.05, 4.69) is 37.3 Å². The number of aryl methyl sites for hydroxylation is 1. The minimum Gasteiger partial charge on any atom is -0.459 e. The zero-order chi connectivity index (χ0) is 24.6. The number of carbonyl (C=O) groups is 1. The van der Waals surface area contributed by atoms with Crippen molar-refractivity contribution in [3.8, 4) is 0 Å². The highest BCUT2D eigenvalue weighted by Gasteiger charge is 2.27. The molecule has 186 valence electrons. The van der Waals surface area contributed by atoms with Crippen LogP contribution in [0.15, 0.2) is 24.8 Å². The van der Waals surface area contributed by atoms with Gasteiger partial charge in [0.15, 0.2) is 17.0 Å². The summed E-state index contributed by atoms with van der Waals surface area (Å²) >= 11 is 0. The van der Waals surface area contributed by atoms with Crippen LogP contribution in [0.25, 0.3) is 11.2 Å². The van der Waals surface area contributed by atoms with E-state index >= 15 is 0 Å². The zero-order valence-corrected chi connectivity index (χ0v) is 20.7. The molecule has 0 radical (unpaired) electrons. The second-order valence-corrected chi connectivity index (χ2v) is 10.4. The Kier molecular flexibility index (Phi) is 6.31. The fraction of sp³-hybridized carbons (Fsp3) is 0.560. The second kappa shape index (κ2) is 9.41. The normalized spacial score (nSPS) is 17.7. The highest BCUT2D eigenvalue weighted by atomic mass is 16.6. The minimum atomic E-state index is -0.806. The number of aromatic nitrogens is 5. The van der Waals surface area contributed by atoms with Gasteiger partial charge in [-0.3, -0.25) is 4.79 Å². The first-order valence-electron chi connectivity index (χ1n) is 12.4. The molecular formula is C25H34N8O2. The van der Waals surface area contributed by atoms with E-state index in [4.69, 9.17) is 15.5 Å². The van der Waals surface area contributed by atoms with Crippen molar-refractivity contribution in [3.63, 3.8) is 0 Å². The first kappa shape index (κ1) is 23.5. The van der Waals surface area contributed by atoms with Gasteiger partial charge in [-0.25, -0.2) is 19.9 Å². The number of anilines is 2. The molecule has 1 saturated heterocycles. The van der Waals surface area contributed by atoms with Crippen LogP contribution >= 0.6 is 0 Å². The SMILES string of the molecule is CC(C)(C)OC(=O)C(N)Cn1cnc2c(N3CCC(c4ccc5c(n4)NCCC5)CC3)ncnc21. The van der Waals surface area contributed by atoms with Crippen molar-refractivity contribution in [2.24, 2.45) is 5.73 Å². The number of esters is 1. The van der Waals surface area contributed by atoms with E-state index in [9.17, 15) is 4.79 Å². The van der Waals surface area contributed by atoms with Crippen LogP contribution in [0.4, 0.5) is 11.6 Å². The highest BCUT2D eigenvalue weighted by Crippen LogP contribution is 2.32. The van der Waals surface area contributed by atoms with Gasteiger partial charge in [-0.1, -0.05) is 6.07 Å². The predicted octanol–water partition coefficient (Wildman–Crippen LogP) is 2.63. The second-order valence-electron chi connectivity index (χ2n) is 10.4. The standard InChI is InChI=1S/C25H34N8O2/c1-25(2,3)35-24(34)18(26)13-33-15-30-20-22(28-14-29-23(20)33)32-11-8-16(9-12-32)19-7-6-17-5-4-10-27-21(17)31-19/h6-7,14-16,18H,4-5,8-13,26H2,1-3H3,(H,27,31). The number of fused-ring (bicyclic) bond motifs is 2. The first-order chi connectivity index (χ1) is 16.8. The van der Waals surface area contributed by atoms with Crippen molar-refractivity contribution in [2.75, 3.05) is 29.9 Å². The molecule has 3 aromatic rings. The molecule has 1 fully saturated rings. The number of pyridine rings is 1. The molecule has 0 spiro atoms. The molecule has 2 aliphatic rings. The van der Waals surface area contributed by atoms with Gasteiger partial charge in [-0.15, -0.1) is 0 Å². The Labute approximate surface area is 205 Å². The summed E-state index contributed by atoms with van der Waals surface area (Å²) in [5.74, 6) is 1.87. The Morgan fingerprint density at radius 1 is 1.23 bits per heavy atom. The number of hydrogen-bond acceptors (Lipinski definition) is 9. The van der Waals surface area contributed by atoms with Gasteiger partial charge < -0.3 is 25.3 Å². The molecule has 3 aromatic heterocycles. The van der Waals surface area contributed by atoms with Gasteiger partial charge in [0.1, 0.15) is 23.8 Å². The summed E-state index contributed by atoms with van der Waals surface area (Å²) < 4.78 is 7.21. The maximum Gasteiger partial charge on any atom is 0.325 e. The van der Waals surface area contributed by atoms with Gasteiger partial charge in [0, 0.05) is 31.2 Å². The Bertz CT molecular complexity index is 1210. The fourth-order valence-electron chi connectivity index (χ4n) is 4.86. The van der Waals surface area contributed by atoms with Crippen LogP contribution < -0.4 is 16.0 Å². The lowest BCUT2D eigenvalue weighted by Crippen LogP contribution is -2.40. The van der Waals surface area contributed by atoms with E-state index in [0.717, 1.165) is 56.0 Å². The van der Waals surface area contributed by atoms with Gasteiger partial charge in [0.2, 0.25) is 0 Å². The number of rotatable bonds is 5. The van der Waals surface area contributed by atoms with Crippen molar-refractivity contribution in [3.05, 3.63) is 36.0 Å². The van der Waals surface area contributed by atoms with E-state index in [1.54, 1.807) is 17.2 Å². The summed E-state index contributed by atoms with van der Waals surface area (Å²) in [6.45, 7) is 8.45. The number of nitrogens with one attached hydrogen (secondary N) is 1. The molecule has 0 aromatic carbocycles. The predicted molar refractivity (Wildman–Crippen MR) is 134 cm³/mol. The smallest absolute Gasteiger partial charge is 0.325 e. The first-order valence-corrected chi connectivity index (χ1v) is 12.4. The largest absolute Gasteiger partial charge is 0.459 e. The van der Waals surface area contributed by atoms with Crippen LogP contribution in [-0.4, -0.2) is 61.7 Å². The van der Waals surface area contributed by atoms with Crippen LogP contribution in [0, 0.1) is 0 Å². The van der Waals surface area contributed by atoms with E-state index < -0.39 is 17.6 Å². The summed E-state index contributed by atoms with van der Waals surface area (Å²) in [6, 6.07) is 3.63. The van der Waals surface area contributed by atoms with Crippen molar-refractivity contribution < 1.29 is 9.53 Å². The minimum absolute atomic E-state index is 0.238. The molecule has 10 heteroatoms. The molecule has 10 nitrogen and oxygen atoms in total. The molecule has 1 atom stereocenters. The molecule has 0 amide bonds. The summed E-state index contributed by atoms with van der Waals surface area (Å²) in [5, 5.41) is 3.44. The van der Waals surface area contributed by atoms with Crippen LogP contribution in [-0.2, 0) is 22.5 Å². The summed E-state index contributed by atoms with van der Waals surface area (Å²) in [5.41, 5.74) is 9.41. The van der Waals surface area contributed by atoms with E-state index in [1.807, 2.05) is 20.8 Å². The molecule has 0 saturated carbocycles. The lowest BCUT2D eigenvalue weighted by molar-refractivity contribution is -0.156. The van der Waals surface area contributed by atoms with Crippen molar-refractivity contribution in [2.45, 2.75) is 70.6 Å². The number of carbonyl (C=O) groups excluding carboxylic acids is 1.